The van der Waals surface area contributed by atoms with E-state index in [9.17, 15) is 4.79 Å². The average molecular weight is 498 g/mol. The molecule has 186 valence electrons. The van der Waals surface area contributed by atoms with E-state index in [-0.39, 0.29) is 17.6 Å². The number of hydrogen-bond acceptors (Lipinski definition) is 8. The van der Waals surface area contributed by atoms with Gasteiger partial charge in [0.25, 0.3) is 0 Å². The first kappa shape index (κ1) is 24.9. The predicted octanol–water partition coefficient (Wildman–Crippen LogP) is 5.46. The van der Waals surface area contributed by atoms with Gasteiger partial charge in [0.15, 0.2) is 16.8 Å². The van der Waals surface area contributed by atoms with E-state index in [0.29, 0.717) is 28.6 Å². The van der Waals surface area contributed by atoms with Gasteiger partial charge in [-0.1, -0.05) is 31.0 Å². The topological polar surface area (TPSA) is 84.7 Å². The number of thioether (sulfide) groups is 1. The van der Waals surface area contributed by atoms with Crippen LogP contribution in [0.15, 0.2) is 41.6 Å². The Morgan fingerprint density at radius 1 is 0.886 bits per heavy atom. The van der Waals surface area contributed by atoms with E-state index in [1.807, 2.05) is 18.2 Å². The van der Waals surface area contributed by atoms with Crippen molar-refractivity contribution >= 4 is 17.5 Å². The highest BCUT2D eigenvalue weighted by atomic mass is 32.2. The van der Waals surface area contributed by atoms with Crippen LogP contribution in [0, 0.1) is 0 Å². The van der Waals surface area contributed by atoms with Gasteiger partial charge in [-0.2, -0.15) is 0 Å². The van der Waals surface area contributed by atoms with Crippen LogP contribution in [-0.2, 0) is 0 Å². The van der Waals surface area contributed by atoms with Crippen molar-refractivity contribution in [1.29, 1.82) is 0 Å². The number of carbonyl (C=O) groups is 1. The van der Waals surface area contributed by atoms with Gasteiger partial charge < -0.3 is 18.9 Å². The lowest BCUT2D eigenvalue weighted by atomic mass is 9.95. The highest BCUT2D eigenvalue weighted by Gasteiger charge is 2.25. The number of nitrogens with zero attached hydrogens (tertiary/aromatic N) is 3. The number of methoxy groups -OCH3 is 4. The highest BCUT2D eigenvalue weighted by Crippen LogP contribution is 2.38. The van der Waals surface area contributed by atoms with Gasteiger partial charge in [0.2, 0.25) is 0 Å². The van der Waals surface area contributed by atoms with E-state index >= 15 is 0 Å². The van der Waals surface area contributed by atoms with Crippen LogP contribution in [0.25, 0.3) is 11.4 Å². The standard InChI is InChI=1S/C26H31N3O5S/c1-31-19-10-11-24(34-4)22(15-19)23(30)16-35-26-28-27-25(29(26)18-8-6-5-7-9-18)17-12-20(32-2)14-21(13-17)33-3/h10-15,18H,5-9,16H2,1-4H3. The van der Waals surface area contributed by atoms with Crippen molar-refractivity contribution in [2.24, 2.45) is 0 Å². The molecule has 0 amide bonds. The van der Waals surface area contributed by atoms with Crippen molar-refractivity contribution < 1.29 is 23.7 Å². The van der Waals surface area contributed by atoms with Crippen molar-refractivity contribution in [3.63, 3.8) is 0 Å². The van der Waals surface area contributed by atoms with Gasteiger partial charge in [0.1, 0.15) is 23.0 Å². The van der Waals surface area contributed by atoms with Gasteiger partial charge >= 0.3 is 0 Å². The van der Waals surface area contributed by atoms with Crippen molar-refractivity contribution in [2.75, 3.05) is 34.2 Å². The molecule has 35 heavy (non-hydrogen) atoms. The third-order valence-electron chi connectivity index (χ3n) is 6.25. The molecule has 9 heteroatoms. The normalized spacial score (nSPS) is 13.9. The number of ketones is 1. The summed E-state index contributed by atoms with van der Waals surface area (Å²) >= 11 is 1.39. The second-order valence-electron chi connectivity index (χ2n) is 8.35. The maximum atomic E-state index is 13.2. The predicted molar refractivity (Wildman–Crippen MR) is 135 cm³/mol. The fraction of sp³-hybridized carbons (Fsp3) is 0.423. The molecule has 0 aliphatic heterocycles. The molecular weight excluding hydrogens is 466 g/mol. The molecule has 0 spiro atoms. The lowest BCUT2D eigenvalue weighted by molar-refractivity contribution is 0.101. The number of hydrogen-bond donors (Lipinski definition) is 0. The summed E-state index contributed by atoms with van der Waals surface area (Å²) in [6.45, 7) is 0. The molecule has 0 atom stereocenters. The van der Waals surface area contributed by atoms with Crippen LogP contribution in [0.2, 0.25) is 0 Å². The molecule has 0 bridgehead atoms. The number of rotatable bonds is 10. The molecule has 0 unspecified atom stereocenters. The maximum absolute atomic E-state index is 13.2. The first-order chi connectivity index (χ1) is 17.1. The van der Waals surface area contributed by atoms with Crippen molar-refractivity contribution in [1.82, 2.24) is 14.8 Å². The van der Waals surface area contributed by atoms with Crippen LogP contribution in [0.1, 0.15) is 48.5 Å². The molecule has 3 aromatic rings. The maximum Gasteiger partial charge on any atom is 0.192 e. The van der Waals surface area contributed by atoms with E-state index in [1.54, 1.807) is 46.6 Å². The Bertz CT molecular complexity index is 1150. The zero-order valence-corrected chi connectivity index (χ0v) is 21.4. The molecule has 4 rings (SSSR count). The number of carbonyl (C=O) groups excluding carboxylic acids is 1. The molecular formula is C26H31N3O5S. The Labute approximate surface area is 209 Å². The minimum Gasteiger partial charge on any atom is -0.497 e. The highest BCUT2D eigenvalue weighted by molar-refractivity contribution is 7.99. The minimum atomic E-state index is -0.0615. The Morgan fingerprint density at radius 2 is 1.57 bits per heavy atom. The lowest BCUT2D eigenvalue weighted by Crippen LogP contribution is -2.16. The summed E-state index contributed by atoms with van der Waals surface area (Å²) in [5.41, 5.74) is 1.35. The molecule has 2 aromatic carbocycles. The summed E-state index contributed by atoms with van der Waals surface area (Å²) in [5.74, 6) is 3.40. The fourth-order valence-electron chi connectivity index (χ4n) is 4.42. The van der Waals surface area contributed by atoms with Crippen LogP contribution < -0.4 is 18.9 Å². The van der Waals surface area contributed by atoms with E-state index in [4.69, 9.17) is 18.9 Å². The van der Waals surface area contributed by atoms with Crippen molar-refractivity contribution in [3.05, 3.63) is 42.0 Å². The number of benzene rings is 2. The molecule has 1 aliphatic carbocycles. The van der Waals surface area contributed by atoms with Gasteiger partial charge in [0.05, 0.1) is 39.8 Å². The Hall–Kier alpha value is -3.20. The van der Waals surface area contributed by atoms with Gasteiger partial charge in [-0.25, -0.2) is 0 Å². The SMILES string of the molecule is COc1cc(OC)cc(-c2nnc(SCC(=O)c3cc(OC)ccc3OC)n2C2CCCCC2)c1. The van der Waals surface area contributed by atoms with Crippen molar-refractivity contribution in [3.8, 4) is 34.4 Å². The van der Waals surface area contributed by atoms with Gasteiger partial charge in [-0.05, 0) is 43.2 Å². The number of Topliss-reactive ketones (excluding diaryl/α,β-unsaturated/α-hetero) is 1. The lowest BCUT2D eigenvalue weighted by Gasteiger charge is -2.25. The first-order valence-electron chi connectivity index (χ1n) is 11.6. The monoisotopic (exact) mass is 497 g/mol. The molecule has 0 radical (unpaired) electrons. The Balaban J connectivity index is 1.66. The summed E-state index contributed by atoms with van der Waals surface area (Å²) in [6, 6.07) is 11.2. The zero-order chi connectivity index (χ0) is 24.8. The van der Waals surface area contributed by atoms with Gasteiger partial charge in [-0.15, -0.1) is 10.2 Å². The Kier molecular flexibility index (Phi) is 8.17. The third-order valence-corrected chi connectivity index (χ3v) is 7.20. The second kappa shape index (κ2) is 11.5. The summed E-state index contributed by atoms with van der Waals surface area (Å²) in [6.07, 6.45) is 5.66. The summed E-state index contributed by atoms with van der Waals surface area (Å²) < 4.78 is 23.8. The quantitative estimate of drug-likeness (QED) is 0.270. The molecule has 1 aliphatic rings. The van der Waals surface area contributed by atoms with E-state index < -0.39 is 0 Å². The molecule has 1 saturated carbocycles. The summed E-state index contributed by atoms with van der Waals surface area (Å²) in [5, 5.41) is 9.78. The van der Waals surface area contributed by atoms with Crippen molar-refractivity contribution in [2.45, 2.75) is 43.3 Å². The second-order valence-corrected chi connectivity index (χ2v) is 9.29. The smallest absolute Gasteiger partial charge is 0.192 e. The molecule has 1 heterocycles. The van der Waals surface area contributed by atoms with Gasteiger partial charge in [-0.3, -0.25) is 9.36 Å². The molecule has 8 nitrogen and oxygen atoms in total. The summed E-state index contributed by atoms with van der Waals surface area (Å²) in [7, 11) is 6.39. The number of aromatic nitrogens is 3. The van der Waals surface area contributed by atoms with Crippen LogP contribution in [-0.4, -0.2) is 54.7 Å². The number of ether oxygens (including phenoxy) is 4. The largest absolute Gasteiger partial charge is 0.497 e. The van der Waals surface area contributed by atoms with Crippen LogP contribution in [0.5, 0.6) is 23.0 Å². The van der Waals surface area contributed by atoms with E-state index in [2.05, 4.69) is 14.8 Å². The van der Waals surface area contributed by atoms with Crippen LogP contribution in [0.4, 0.5) is 0 Å². The molecule has 1 fully saturated rings. The first-order valence-corrected chi connectivity index (χ1v) is 12.6. The zero-order valence-electron chi connectivity index (χ0n) is 20.6. The average Bonchev–Trinajstić information content (AvgIpc) is 3.35. The van der Waals surface area contributed by atoms with E-state index in [0.717, 1.165) is 42.2 Å². The molecule has 1 aromatic heterocycles. The molecule has 0 saturated heterocycles. The van der Waals surface area contributed by atoms with Crippen LogP contribution >= 0.6 is 11.8 Å². The fourth-order valence-corrected chi connectivity index (χ4v) is 5.31. The summed E-state index contributed by atoms with van der Waals surface area (Å²) in [4.78, 5) is 13.2. The Morgan fingerprint density at radius 3 is 2.20 bits per heavy atom. The molecule has 0 N–H and O–H groups in total. The van der Waals surface area contributed by atoms with E-state index in [1.165, 1.54) is 18.2 Å². The minimum absolute atomic E-state index is 0.0615. The third kappa shape index (κ3) is 5.56. The van der Waals surface area contributed by atoms with Gasteiger partial charge in [0, 0.05) is 17.7 Å². The van der Waals surface area contributed by atoms with Crippen LogP contribution in [0.3, 0.4) is 0 Å².